The van der Waals surface area contributed by atoms with Gasteiger partial charge in [0.25, 0.3) is 0 Å². The van der Waals surface area contributed by atoms with Crippen LogP contribution in [0.4, 0.5) is 0 Å². The monoisotopic (exact) mass is 287 g/mol. The fourth-order valence-corrected chi connectivity index (χ4v) is 3.18. The van der Waals surface area contributed by atoms with Gasteiger partial charge in [0.15, 0.2) is 0 Å². The summed E-state index contributed by atoms with van der Waals surface area (Å²) in [5, 5.41) is 3.49. The smallest absolute Gasteiger partial charge is 0.236 e. The zero-order chi connectivity index (χ0) is 14.9. The number of piperazine rings is 1. The maximum atomic E-state index is 12.3. The van der Waals surface area contributed by atoms with Gasteiger partial charge in [-0.2, -0.15) is 0 Å². The van der Waals surface area contributed by atoms with E-state index in [9.17, 15) is 4.79 Å². The second-order valence-corrected chi connectivity index (χ2v) is 6.62. The first-order valence-electron chi connectivity index (χ1n) is 7.85. The average Bonchev–Trinajstić information content (AvgIpc) is 3.19. The quantitative estimate of drug-likeness (QED) is 0.906. The van der Waals surface area contributed by atoms with Crippen molar-refractivity contribution in [3.8, 4) is 0 Å². The van der Waals surface area contributed by atoms with Crippen molar-refractivity contribution in [3.05, 3.63) is 35.9 Å². The molecule has 2 unspecified atom stereocenters. The number of nitrogens with one attached hydrogen (secondary N) is 1. The van der Waals surface area contributed by atoms with E-state index in [4.69, 9.17) is 0 Å². The summed E-state index contributed by atoms with van der Waals surface area (Å²) in [5.74, 6) is 0.780. The van der Waals surface area contributed by atoms with Crippen LogP contribution >= 0.6 is 0 Å². The molecule has 21 heavy (non-hydrogen) atoms. The molecule has 114 valence electrons. The summed E-state index contributed by atoms with van der Waals surface area (Å²) in [6, 6.07) is 10.6. The summed E-state index contributed by atoms with van der Waals surface area (Å²) >= 11 is 0. The van der Waals surface area contributed by atoms with Crippen molar-refractivity contribution in [3.63, 3.8) is 0 Å². The van der Waals surface area contributed by atoms with Crippen LogP contribution in [0, 0.1) is 0 Å². The Hall–Kier alpha value is -1.39. The first kappa shape index (κ1) is 14.5. The zero-order valence-corrected chi connectivity index (χ0v) is 13.0. The van der Waals surface area contributed by atoms with Gasteiger partial charge in [0, 0.05) is 37.6 Å². The number of carbonyl (C=O) groups excluding carboxylic acids is 1. The number of hydrogen-bond acceptors (Lipinski definition) is 3. The third kappa shape index (κ3) is 3.27. The fraction of sp³-hybridized carbons (Fsp3) is 0.588. The highest BCUT2D eigenvalue weighted by Gasteiger charge is 2.50. The molecule has 0 spiro atoms. The van der Waals surface area contributed by atoms with Crippen molar-refractivity contribution >= 4 is 5.91 Å². The Kier molecular flexibility index (Phi) is 4.00. The Labute approximate surface area is 127 Å². The van der Waals surface area contributed by atoms with E-state index in [0.29, 0.717) is 12.5 Å². The first-order valence-corrected chi connectivity index (χ1v) is 7.85. The van der Waals surface area contributed by atoms with Gasteiger partial charge in [-0.3, -0.25) is 4.79 Å². The minimum Gasteiger partial charge on any atom is -0.339 e. The average molecular weight is 287 g/mol. The molecule has 2 fully saturated rings. The van der Waals surface area contributed by atoms with Crippen LogP contribution < -0.4 is 5.32 Å². The van der Waals surface area contributed by atoms with Crippen molar-refractivity contribution in [2.45, 2.75) is 24.8 Å². The van der Waals surface area contributed by atoms with Gasteiger partial charge in [-0.25, -0.2) is 0 Å². The van der Waals surface area contributed by atoms with Crippen LogP contribution in [0.2, 0.25) is 0 Å². The van der Waals surface area contributed by atoms with Gasteiger partial charge >= 0.3 is 0 Å². The summed E-state index contributed by atoms with van der Waals surface area (Å²) in [4.78, 5) is 16.5. The van der Waals surface area contributed by atoms with E-state index in [0.717, 1.165) is 32.6 Å². The summed E-state index contributed by atoms with van der Waals surface area (Å²) in [7, 11) is 2.11. The van der Waals surface area contributed by atoms with Crippen molar-refractivity contribution in [2.24, 2.45) is 0 Å². The van der Waals surface area contributed by atoms with E-state index in [1.807, 2.05) is 11.0 Å². The summed E-state index contributed by atoms with van der Waals surface area (Å²) in [6.07, 6.45) is 1.12. The molecule has 1 aromatic carbocycles. The Bertz CT molecular complexity index is 496. The molecular formula is C17H25N3O. The maximum Gasteiger partial charge on any atom is 0.236 e. The Morgan fingerprint density at radius 1 is 1.24 bits per heavy atom. The van der Waals surface area contributed by atoms with Gasteiger partial charge in [-0.1, -0.05) is 30.3 Å². The largest absolute Gasteiger partial charge is 0.339 e. The lowest BCUT2D eigenvalue weighted by Gasteiger charge is -2.32. The zero-order valence-electron chi connectivity index (χ0n) is 13.0. The number of likely N-dealkylation sites (N-methyl/N-ethyl adjacent to an activating group) is 1. The topological polar surface area (TPSA) is 35.6 Å². The third-order valence-corrected chi connectivity index (χ3v) is 4.94. The molecule has 2 aliphatic rings. The van der Waals surface area contributed by atoms with E-state index < -0.39 is 0 Å². The van der Waals surface area contributed by atoms with Gasteiger partial charge in [-0.15, -0.1) is 0 Å². The molecule has 4 heteroatoms. The lowest BCUT2D eigenvalue weighted by atomic mass is 10.1. The van der Waals surface area contributed by atoms with E-state index in [1.165, 1.54) is 5.56 Å². The van der Waals surface area contributed by atoms with Crippen LogP contribution in [0.5, 0.6) is 0 Å². The van der Waals surface area contributed by atoms with E-state index in [2.05, 4.69) is 48.5 Å². The lowest BCUT2D eigenvalue weighted by Crippen LogP contribution is -2.50. The van der Waals surface area contributed by atoms with Crippen LogP contribution in [0.1, 0.15) is 24.8 Å². The molecule has 1 aliphatic carbocycles. The highest BCUT2D eigenvalue weighted by atomic mass is 16.2. The van der Waals surface area contributed by atoms with Crippen molar-refractivity contribution < 1.29 is 4.79 Å². The third-order valence-electron chi connectivity index (χ3n) is 4.94. The molecule has 1 aliphatic heterocycles. The SMILES string of the molecule is CN1CCN(C(=O)CNC2(C)CC2c2ccccc2)CC1. The summed E-state index contributed by atoms with van der Waals surface area (Å²) in [5.41, 5.74) is 1.46. The minimum atomic E-state index is 0.0869. The predicted octanol–water partition coefficient (Wildman–Crippen LogP) is 1.30. The molecule has 1 amide bonds. The highest BCUT2D eigenvalue weighted by Crippen LogP contribution is 2.50. The number of carbonyl (C=O) groups is 1. The Morgan fingerprint density at radius 3 is 2.57 bits per heavy atom. The van der Waals surface area contributed by atoms with Gasteiger partial charge < -0.3 is 15.1 Å². The normalized spacial score (nSPS) is 29.4. The first-order chi connectivity index (χ1) is 10.1. The molecular weight excluding hydrogens is 262 g/mol. The number of nitrogens with zero attached hydrogens (tertiary/aromatic N) is 2. The molecule has 4 nitrogen and oxygen atoms in total. The van der Waals surface area contributed by atoms with Gasteiger partial charge in [-0.05, 0) is 26.0 Å². The second kappa shape index (κ2) is 5.78. The summed E-state index contributed by atoms with van der Waals surface area (Å²) in [6.45, 7) is 6.36. The molecule has 1 N–H and O–H groups in total. The molecule has 3 rings (SSSR count). The van der Waals surface area contributed by atoms with E-state index in [1.54, 1.807) is 0 Å². The van der Waals surface area contributed by atoms with Crippen molar-refractivity contribution in [2.75, 3.05) is 39.8 Å². The summed E-state index contributed by atoms with van der Waals surface area (Å²) < 4.78 is 0. The molecule has 0 radical (unpaired) electrons. The minimum absolute atomic E-state index is 0.0869. The molecule has 1 heterocycles. The van der Waals surface area contributed by atoms with Crippen molar-refractivity contribution in [1.82, 2.24) is 15.1 Å². The van der Waals surface area contributed by atoms with Crippen LogP contribution in [0.25, 0.3) is 0 Å². The molecule has 2 atom stereocenters. The molecule has 0 bridgehead atoms. The number of hydrogen-bond donors (Lipinski definition) is 1. The van der Waals surface area contributed by atoms with Crippen LogP contribution in [-0.4, -0.2) is 61.0 Å². The highest BCUT2D eigenvalue weighted by molar-refractivity contribution is 5.78. The second-order valence-electron chi connectivity index (χ2n) is 6.62. The lowest BCUT2D eigenvalue weighted by molar-refractivity contribution is -0.131. The fourth-order valence-electron chi connectivity index (χ4n) is 3.18. The number of benzene rings is 1. The number of amides is 1. The van der Waals surface area contributed by atoms with E-state index >= 15 is 0 Å². The van der Waals surface area contributed by atoms with Crippen LogP contribution in [0.3, 0.4) is 0 Å². The standard InChI is InChI=1S/C17H25N3O/c1-17(12-15(17)14-6-4-3-5-7-14)18-13-16(21)20-10-8-19(2)9-11-20/h3-7,15,18H,8-13H2,1-2H3. The van der Waals surface area contributed by atoms with Crippen molar-refractivity contribution in [1.29, 1.82) is 0 Å². The Morgan fingerprint density at radius 2 is 1.90 bits per heavy atom. The van der Waals surface area contributed by atoms with E-state index in [-0.39, 0.29) is 11.4 Å². The maximum absolute atomic E-state index is 12.3. The van der Waals surface area contributed by atoms with Gasteiger partial charge in [0.05, 0.1) is 6.54 Å². The Balaban J connectivity index is 1.49. The van der Waals surface area contributed by atoms with Gasteiger partial charge in [0.1, 0.15) is 0 Å². The predicted molar refractivity (Wildman–Crippen MR) is 84.3 cm³/mol. The molecule has 1 aromatic rings. The molecule has 0 aromatic heterocycles. The number of rotatable bonds is 4. The van der Waals surface area contributed by atoms with Crippen LogP contribution in [-0.2, 0) is 4.79 Å². The van der Waals surface area contributed by atoms with Gasteiger partial charge in [0.2, 0.25) is 5.91 Å². The molecule has 1 saturated heterocycles. The van der Waals surface area contributed by atoms with Crippen LogP contribution in [0.15, 0.2) is 30.3 Å². The molecule has 1 saturated carbocycles.